The number of rotatable bonds is 6. The summed E-state index contributed by atoms with van der Waals surface area (Å²) in [7, 11) is -3.16. The molecule has 2 aromatic carbocycles. The summed E-state index contributed by atoms with van der Waals surface area (Å²) in [6.07, 6.45) is -4.21. The molecule has 1 heterocycles. The third-order valence-electron chi connectivity index (χ3n) is 4.55. The van der Waals surface area contributed by atoms with E-state index in [-0.39, 0.29) is 28.4 Å². The van der Waals surface area contributed by atoms with Gasteiger partial charge >= 0.3 is 12.1 Å². The first kappa shape index (κ1) is 22.6. The van der Waals surface area contributed by atoms with Gasteiger partial charge in [0.1, 0.15) is 0 Å². The molecular weight excluding hydrogens is 437 g/mol. The van der Waals surface area contributed by atoms with E-state index in [0.717, 1.165) is 12.1 Å². The Morgan fingerprint density at radius 1 is 1.10 bits per heavy atom. The van der Waals surface area contributed by atoms with Crippen LogP contribution in [0.1, 0.15) is 22.3 Å². The van der Waals surface area contributed by atoms with Crippen LogP contribution in [0, 0.1) is 0 Å². The van der Waals surface area contributed by atoms with Crippen molar-refractivity contribution >= 4 is 33.1 Å². The molecule has 1 aliphatic heterocycles. The summed E-state index contributed by atoms with van der Waals surface area (Å²) in [5, 5.41) is 5.25. The van der Waals surface area contributed by atoms with Gasteiger partial charge in [0, 0.05) is 11.7 Å². The summed E-state index contributed by atoms with van der Waals surface area (Å²) in [6.45, 7) is -0.618. The molecule has 7 nitrogen and oxygen atoms in total. The molecule has 0 radical (unpaired) electrons. The number of carbonyl (C=O) groups excluding carboxylic acids is 2. The van der Waals surface area contributed by atoms with Crippen LogP contribution in [0.25, 0.3) is 0 Å². The molecule has 1 atom stereocenters. The fourth-order valence-electron chi connectivity index (χ4n) is 3.09. The Kier molecular flexibility index (Phi) is 6.54. The van der Waals surface area contributed by atoms with Gasteiger partial charge in [-0.15, -0.1) is 0 Å². The van der Waals surface area contributed by atoms with Gasteiger partial charge in [0.25, 0.3) is 5.91 Å². The van der Waals surface area contributed by atoms with Crippen molar-refractivity contribution in [3.05, 3.63) is 59.7 Å². The van der Waals surface area contributed by atoms with Crippen LogP contribution in [0.2, 0.25) is 0 Å². The number of amides is 1. The first-order valence-corrected chi connectivity index (χ1v) is 11.1. The average molecular weight is 456 g/mol. The van der Waals surface area contributed by atoms with E-state index in [1.54, 1.807) is 6.07 Å². The number of sulfone groups is 1. The van der Waals surface area contributed by atoms with Gasteiger partial charge in [0.05, 0.1) is 28.3 Å². The monoisotopic (exact) mass is 456 g/mol. The predicted octanol–water partition coefficient (Wildman–Crippen LogP) is 2.91. The first-order valence-electron chi connectivity index (χ1n) is 9.24. The normalized spacial score (nSPS) is 17.7. The zero-order chi connectivity index (χ0) is 22.6. The Morgan fingerprint density at radius 3 is 2.52 bits per heavy atom. The van der Waals surface area contributed by atoms with Crippen LogP contribution >= 0.6 is 0 Å². The Balaban J connectivity index is 1.63. The maximum Gasteiger partial charge on any atom is 0.416 e. The number of halogens is 3. The zero-order valence-corrected chi connectivity index (χ0v) is 16.9. The number of para-hydroxylation sites is 1. The van der Waals surface area contributed by atoms with Crippen molar-refractivity contribution in [1.82, 2.24) is 5.32 Å². The fourth-order valence-corrected chi connectivity index (χ4v) is 4.76. The van der Waals surface area contributed by atoms with Gasteiger partial charge in [-0.2, -0.15) is 13.2 Å². The SMILES string of the molecule is O=C(COC(=O)c1ccccc1Nc1cccc(C(F)(F)F)c1)N[C@@H]1CCS(=O)(=O)C1. The van der Waals surface area contributed by atoms with E-state index in [2.05, 4.69) is 10.6 Å². The number of hydrogen-bond acceptors (Lipinski definition) is 6. The minimum absolute atomic E-state index is 0.00762. The molecule has 0 saturated carbocycles. The second-order valence-corrected chi connectivity index (χ2v) is 9.22. The van der Waals surface area contributed by atoms with E-state index in [4.69, 9.17) is 4.74 Å². The van der Waals surface area contributed by atoms with Crippen LogP contribution in [0.15, 0.2) is 48.5 Å². The largest absolute Gasteiger partial charge is 0.452 e. The van der Waals surface area contributed by atoms with Crippen molar-refractivity contribution in [3.8, 4) is 0 Å². The predicted molar refractivity (Wildman–Crippen MR) is 107 cm³/mol. The zero-order valence-electron chi connectivity index (χ0n) is 16.1. The topological polar surface area (TPSA) is 102 Å². The van der Waals surface area contributed by atoms with Crippen molar-refractivity contribution in [2.24, 2.45) is 0 Å². The molecule has 1 amide bonds. The van der Waals surface area contributed by atoms with Crippen molar-refractivity contribution in [2.75, 3.05) is 23.4 Å². The Morgan fingerprint density at radius 2 is 1.84 bits per heavy atom. The molecule has 0 aliphatic carbocycles. The van der Waals surface area contributed by atoms with Crippen molar-refractivity contribution in [2.45, 2.75) is 18.6 Å². The first-order chi connectivity index (χ1) is 14.5. The number of carbonyl (C=O) groups is 2. The Bertz CT molecular complexity index is 1090. The number of ether oxygens (including phenoxy) is 1. The van der Waals surface area contributed by atoms with Crippen LogP contribution in [-0.4, -0.2) is 44.4 Å². The maximum absolute atomic E-state index is 12.9. The van der Waals surface area contributed by atoms with Crippen LogP contribution < -0.4 is 10.6 Å². The summed E-state index contributed by atoms with van der Waals surface area (Å²) in [5.41, 5.74) is -0.497. The van der Waals surface area contributed by atoms with Crippen molar-refractivity contribution in [1.29, 1.82) is 0 Å². The van der Waals surface area contributed by atoms with E-state index < -0.39 is 46.1 Å². The third kappa shape index (κ3) is 6.20. The molecule has 166 valence electrons. The van der Waals surface area contributed by atoms with Crippen LogP contribution in [0.3, 0.4) is 0 Å². The van der Waals surface area contributed by atoms with E-state index >= 15 is 0 Å². The van der Waals surface area contributed by atoms with Crippen LogP contribution in [-0.2, 0) is 25.5 Å². The van der Waals surface area contributed by atoms with Gasteiger partial charge in [-0.05, 0) is 36.8 Å². The quantitative estimate of drug-likeness (QED) is 0.649. The number of benzene rings is 2. The van der Waals surface area contributed by atoms with Gasteiger partial charge in [-0.1, -0.05) is 18.2 Å². The Labute approximate surface area is 176 Å². The molecule has 1 aliphatic rings. The van der Waals surface area contributed by atoms with E-state index in [1.807, 2.05) is 0 Å². The summed E-state index contributed by atoms with van der Waals surface area (Å²) in [4.78, 5) is 24.4. The van der Waals surface area contributed by atoms with E-state index in [0.29, 0.717) is 6.42 Å². The standard InChI is InChI=1S/C20H19F3N2O5S/c21-20(22,23)13-4-3-5-14(10-13)24-17-7-2-1-6-16(17)19(27)30-11-18(26)25-15-8-9-31(28,29)12-15/h1-7,10,15,24H,8-9,11-12H2,(H,25,26)/t15-/m1/s1. The lowest BCUT2D eigenvalue weighted by molar-refractivity contribution is -0.137. The molecular formula is C20H19F3N2O5S. The molecule has 31 heavy (non-hydrogen) atoms. The van der Waals surface area contributed by atoms with Crippen molar-refractivity contribution < 1.29 is 35.9 Å². The highest BCUT2D eigenvalue weighted by Crippen LogP contribution is 2.32. The van der Waals surface area contributed by atoms with Crippen LogP contribution in [0.4, 0.5) is 24.5 Å². The minimum atomic E-state index is -4.51. The molecule has 0 unspecified atom stereocenters. The summed E-state index contributed by atoms with van der Waals surface area (Å²) in [6, 6.07) is 9.98. The van der Waals surface area contributed by atoms with Gasteiger partial charge in [-0.3, -0.25) is 4.79 Å². The van der Waals surface area contributed by atoms with Gasteiger partial charge in [0.15, 0.2) is 16.4 Å². The van der Waals surface area contributed by atoms with Gasteiger partial charge in [0.2, 0.25) is 0 Å². The lowest BCUT2D eigenvalue weighted by Crippen LogP contribution is -2.38. The number of alkyl halides is 3. The minimum Gasteiger partial charge on any atom is -0.452 e. The number of anilines is 2. The van der Waals surface area contributed by atoms with Crippen LogP contribution in [0.5, 0.6) is 0 Å². The smallest absolute Gasteiger partial charge is 0.416 e. The molecule has 2 N–H and O–H groups in total. The fraction of sp³-hybridized carbons (Fsp3) is 0.300. The van der Waals surface area contributed by atoms with Crippen molar-refractivity contribution in [3.63, 3.8) is 0 Å². The lowest BCUT2D eigenvalue weighted by Gasteiger charge is -2.14. The third-order valence-corrected chi connectivity index (χ3v) is 6.32. The van der Waals surface area contributed by atoms with Gasteiger partial charge in [-0.25, -0.2) is 13.2 Å². The molecule has 0 aromatic heterocycles. The lowest BCUT2D eigenvalue weighted by atomic mass is 10.1. The molecule has 1 fully saturated rings. The Hall–Kier alpha value is -3.08. The highest BCUT2D eigenvalue weighted by Gasteiger charge is 2.31. The average Bonchev–Trinajstić information content (AvgIpc) is 3.04. The molecule has 1 saturated heterocycles. The summed E-state index contributed by atoms with van der Waals surface area (Å²) >= 11 is 0. The van der Waals surface area contributed by atoms with Gasteiger partial charge < -0.3 is 15.4 Å². The summed E-state index contributed by atoms with van der Waals surface area (Å²) in [5.74, 6) is -1.66. The second kappa shape index (κ2) is 8.96. The second-order valence-electron chi connectivity index (χ2n) is 6.99. The van der Waals surface area contributed by atoms with E-state index in [1.165, 1.54) is 30.3 Å². The molecule has 11 heteroatoms. The van der Waals surface area contributed by atoms with E-state index in [9.17, 15) is 31.2 Å². The molecule has 0 bridgehead atoms. The molecule has 0 spiro atoms. The maximum atomic E-state index is 12.9. The number of esters is 1. The summed E-state index contributed by atoms with van der Waals surface area (Å²) < 4.78 is 66.6. The highest BCUT2D eigenvalue weighted by atomic mass is 32.2. The number of hydrogen-bond donors (Lipinski definition) is 2. The molecule has 2 aromatic rings. The molecule has 3 rings (SSSR count). The number of nitrogens with one attached hydrogen (secondary N) is 2. The highest BCUT2D eigenvalue weighted by molar-refractivity contribution is 7.91.